The van der Waals surface area contributed by atoms with E-state index < -0.39 is 0 Å². The van der Waals surface area contributed by atoms with Crippen LogP contribution in [0.5, 0.6) is 5.75 Å². The van der Waals surface area contributed by atoms with Crippen LogP contribution in [0.1, 0.15) is 17.8 Å². The second-order valence-electron chi connectivity index (χ2n) is 4.72. The van der Waals surface area contributed by atoms with Crippen LogP contribution >= 0.6 is 0 Å². The summed E-state index contributed by atoms with van der Waals surface area (Å²) in [5.41, 5.74) is 2.12. The number of rotatable bonds is 6. The molecule has 108 valence electrons. The minimum atomic E-state index is 0.791. The molecular formula is C15H17N5O. The molecule has 0 saturated heterocycles. The highest BCUT2D eigenvalue weighted by Crippen LogP contribution is 2.22. The molecule has 0 aliphatic rings. The minimum absolute atomic E-state index is 0.791. The van der Waals surface area contributed by atoms with Gasteiger partial charge >= 0.3 is 0 Å². The van der Waals surface area contributed by atoms with Crippen molar-refractivity contribution in [3.8, 4) is 11.4 Å². The molecule has 2 aromatic heterocycles. The fourth-order valence-electron chi connectivity index (χ4n) is 2.31. The first-order valence-electron chi connectivity index (χ1n) is 6.88. The molecule has 0 aliphatic heterocycles. The van der Waals surface area contributed by atoms with Crippen LogP contribution < -0.4 is 4.74 Å². The van der Waals surface area contributed by atoms with Crippen LogP contribution in [0.4, 0.5) is 0 Å². The summed E-state index contributed by atoms with van der Waals surface area (Å²) >= 11 is 0. The van der Waals surface area contributed by atoms with Crippen molar-refractivity contribution in [3.05, 3.63) is 54.4 Å². The van der Waals surface area contributed by atoms with Gasteiger partial charge in [-0.1, -0.05) is 12.1 Å². The van der Waals surface area contributed by atoms with Gasteiger partial charge < -0.3 is 4.74 Å². The smallest absolute Gasteiger partial charge is 0.144 e. The van der Waals surface area contributed by atoms with Gasteiger partial charge in [0, 0.05) is 12.6 Å². The van der Waals surface area contributed by atoms with Crippen molar-refractivity contribution in [1.82, 2.24) is 25.0 Å². The maximum Gasteiger partial charge on any atom is 0.144 e. The number of benzene rings is 1. The summed E-state index contributed by atoms with van der Waals surface area (Å²) in [7, 11) is 1.66. The molecule has 0 amide bonds. The molecule has 21 heavy (non-hydrogen) atoms. The van der Waals surface area contributed by atoms with Crippen LogP contribution in [0.25, 0.3) is 5.69 Å². The van der Waals surface area contributed by atoms with E-state index in [0.29, 0.717) is 0 Å². The van der Waals surface area contributed by atoms with Crippen LogP contribution in [0.3, 0.4) is 0 Å². The predicted octanol–water partition coefficient (Wildman–Crippen LogP) is 2.17. The van der Waals surface area contributed by atoms with E-state index in [1.54, 1.807) is 13.4 Å². The average Bonchev–Trinajstić information content (AvgIpc) is 3.19. The molecule has 0 aliphatic carbocycles. The van der Waals surface area contributed by atoms with Crippen molar-refractivity contribution in [2.45, 2.75) is 19.3 Å². The molecule has 2 heterocycles. The monoisotopic (exact) mass is 283 g/mol. The maximum atomic E-state index is 5.39. The van der Waals surface area contributed by atoms with Crippen LogP contribution in [-0.2, 0) is 12.8 Å². The molecule has 0 spiro atoms. The van der Waals surface area contributed by atoms with E-state index in [0.717, 1.165) is 36.5 Å². The lowest BCUT2D eigenvalue weighted by Gasteiger charge is -2.10. The number of H-pyrrole nitrogens is 1. The normalized spacial score (nSPS) is 10.7. The number of para-hydroxylation sites is 2. The number of aromatic amines is 1. The largest absolute Gasteiger partial charge is 0.494 e. The maximum absolute atomic E-state index is 5.39. The van der Waals surface area contributed by atoms with E-state index in [9.17, 15) is 0 Å². The lowest BCUT2D eigenvalue weighted by atomic mass is 10.1. The summed E-state index contributed by atoms with van der Waals surface area (Å²) in [4.78, 5) is 4.36. The molecule has 3 rings (SSSR count). The molecule has 0 unspecified atom stereocenters. The third-order valence-electron chi connectivity index (χ3n) is 3.35. The zero-order chi connectivity index (χ0) is 14.5. The molecule has 0 radical (unpaired) electrons. The van der Waals surface area contributed by atoms with Gasteiger partial charge in [0.2, 0.25) is 0 Å². The average molecular weight is 283 g/mol. The van der Waals surface area contributed by atoms with E-state index >= 15 is 0 Å². The first-order valence-corrected chi connectivity index (χ1v) is 6.88. The van der Waals surface area contributed by atoms with Gasteiger partial charge in [-0.25, -0.2) is 9.67 Å². The lowest BCUT2D eigenvalue weighted by Crippen LogP contribution is -2.05. The predicted molar refractivity (Wildman–Crippen MR) is 78.5 cm³/mol. The first kappa shape index (κ1) is 13.4. The summed E-state index contributed by atoms with van der Waals surface area (Å²) in [6, 6.07) is 7.81. The van der Waals surface area contributed by atoms with Crippen LogP contribution in [0, 0.1) is 0 Å². The first-order chi connectivity index (χ1) is 10.4. The molecule has 0 fully saturated rings. The molecule has 6 nitrogen and oxygen atoms in total. The molecule has 1 aromatic carbocycles. The van der Waals surface area contributed by atoms with Crippen LogP contribution in [-0.4, -0.2) is 32.1 Å². The molecule has 3 aromatic rings. The number of hydrogen-bond donors (Lipinski definition) is 1. The number of ether oxygens (including phenoxy) is 1. The Kier molecular flexibility index (Phi) is 3.95. The van der Waals surface area contributed by atoms with Crippen molar-refractivity contribution >= 4 is 0 Å². The fraction of sp³-hybridized carbons (Fsp3) is 0.267. The Morgan fingerprint density at radius 1 is 1.24 bits per heavy atom. The van der Waals surface area contributed by atoms with E-state index in [1.807, 2.05) is 41.3 Å². The van der Waals surface area contributed by atoms with Gasteiger partial charge in [0.25, 0.3) is 0 Å². The Labute approximate surface area is 122 Å². The molecule has 1 N–H and O–H groups in total. The Balaban J connectivity index is 1.74. The number of hydrogen-bond acceptors (Lipinski definition) is 4. The highest BCUT2D eigenvalue weighted by molar-refractivity contribution is 5.46. The molecule has 0 saturated carbocycles. The summed E-state index contributed by atoms with van der Waals surface area (Å²) < 4.78 is 7.23. The number of methoxy groups -OCH3 is 1. The Morgan fingerprint density at radius 2 is 2.14 bits per heavy atom. The van der Waals surface area contributed by atoms with Crippen molar-refractivity contribution in [3.63, 3.8) is 0 Å². The number of nitrogens with zero attached hydrogens (tertiary/aromatic N) is 4. The van der Waals surface area contributed by atoms with Gasteiger partial charge in [0.05, 0.1) is 13.3 Å². The molecule has 0 atom stereocenters. The fourth-order valence-corrected chi connectivity index (χ4v) is 2.31. The third-order valence-corrected chi connectivity index (χ3v) is 3.35. The Morgan fingerprint density at radius 3 is 2.95 bits per heavy atom. The topological polar surface area (TPSA) is 68.6 Å². The van der Waals surface area contributed by atoms with E-state index in [2.05, 4.69) is 20.3 Å². The van der Waals surface area contributed by atoms with Crippen molar-refractivity contribution in [2.75, 3.05) is 7.11 Å². The second kappa shape index (κ2) is 6.21. The molecular weight excluding hydrogens is 266 g/mol. The van der Waals surface area contributed by atoms with Gasteiger partial charge in [-0.3, -0.25) is 5.10 Å². The van der Waals surface area contributed by atoms with Gasteiger partial charge in [-0.2, -0.15) is 10.2 Å². The van der Waals surface area contributed by atoms with Crippen LogP contribution in [0.2, 0.25) is 0 Å². The van der Waals surface area contributed by atoms with Gasteiger partial charge in [0.15, 0.2) is 0 Å². The van der Waals surface area contributed by atoms with E-state index in [4.69, 9.17) is 4.74 Å². The number of aromatic nitrogens is 5. The summed E-state index contributed by atoms with van der Waals surface area (Å²) in [6.45, 7) is 0. The third kappa shape index (κ3) is 2.94. The zero-order valence-corrected chi connectivity index (χ0v) is 11.9. The number of aryl methyl sites for hydroxylation is 2. The standard InChI is InChI=1S/C15H17N5O/c1-21-14-7-3-2-6-13(14)20-15(16-11-19-20)8-4-5-12-9-17-18-10-12/h2-3,6-7,9-11H,4-5,8H2,1H3,(H,17,18). The second-order valence-corrected chi connectivity index (χ2v) is 4.72. The minimum Gasteiger partial charge on any atom is -0.494 e. The van der Waals surface area contributed by atoms with Gasteiger partial charge in [-0.15, -0.1) is 0 Å². The summed E-state index contributed by atoms with van der Waals surface area (Å²) in [5, 5.41) is 11.1. The summed E-state index contributed by atoms with van der Waals surface area (Å²) in [6.07, 6.45) is 8.17. The Hall–Kier alpha value is -2.63. The summed E-state index contributed by atoms with van der Waals surface area (Å²) in [5.74, 6) is 1.72. The van der Waals surface area contributed by atoms with E-state index in [1.165, 1.54) is 5.56 Å². The van der Waals surface area contributed by atoms with Gasteiger partial charge in [-0.05, 0) is 30.5 Å². The number of nitrogens with one attached hydrogen (secondary N) is 1. The van der Waals surface area contributed by atoms with Crippen molar-refractivity contribution in [2.24, 2.45) is 0 Å². The van der Waals surface area contributed by atoms with E-state index in [-0.39, 0.29) is 0 Å². The molecule has 0 bridgehead atoms. The highest BCUT2D eigenvalue weighted by atomic mass is 16.5. The lowest BCUT2D eigenvalue weighted by molar-refractivity contribution is 0.411. The molecule has 6 heteroatoms. The van der Waals surface area contributed by atoms with Gasteiger partial charge in [0.1, 0.15) is 23.6 Å². The van der Waals surface area contributed by atoms with Crippen molar-refractivity contribution < 1.29 is 4.74 Å². The SMILES string of the molecule is COc1ccccc1-n1ncnc1CCCc1cn[nH]c1. The van der Waals surface area contributed by atoms with Crippen LogP contribution in [0.15, 0.2) is 43.0 Å². The Bertz CT molecular complexity index is 690. The highest BCUT2D eigenvalue weighted by Gasteiger charge is 2.10. The zero-order valence-electron chi connectivity index (χ0n) is 11.9. The van der Waals surface area contributed by atoms with Crippen molar-refractivity contribution in [1.29, 1.82) is 0 Å². The quantitative estimate of drug-likeness (QED) is 0.753.